The van der Waals surface area contributed by atoms with E-state index in [1.54, 1.807) is 6.92 Å². The van der Waals surface area contributed by atoms with Crippen LogP contribution in [0.15, 0.2) is 0 Å². The number of unbranched alkanes of at least 4 members (excludes halogenated alkanes) is 1. The molecule has 1 saturated carbocycles. The van der Waals surface area contributed by atoms with Crippen molar-refractivity contribution < 1.29 is 10.2 Å². The zero-order valence-corrected chi connectivity index (χ0v) is 9.71. The lowest BCUT2D eigenvalue weighted by molar-refractivity contribution is -0.150. The first kappa shape index (κ1) is 12.0. The highest BCUT2D eigenvalue weighted by Crippen LogP contribution is 2.45. The summed E-state index contributed by atoms with van der Waals surface area (Å²) < 4.78 is 0. The van der Waals surface area contributed by atoms with Gasteiger partial charge in [0.05, 0.1) is 11.2 Å². The van der Waals surface area contributed by atoms with Gasteiger partial charge in [0.1, 0.15) is 0 Å². The van der Waals surface area contributed by atoms with Gasteiger partial charge in [-0.25, -0.2) is 0 Å². The Balaban J connectivity index is 2.63. The highest BCUT2D eigenvalue weighted by atomic mass is 16.4. The molecule has 0 saturated heterocycles. The fourth-order valence-electron chi connectivity index (χ4n) is 2.71. The second kappa shape index (κ2) is 4.19. The summed E-state index contributed by atoms with van der Waals surface area (Å²) >= 11 is 0. The molecule has 0 amide bonds. The van der Waals surface area contributed by atoms with Crippen LogP contribution in [0.3, 0.4) is 0 Å². The smallest absolute Gasteiger partial charge is 0.0955 e. The van der Waals surface area contributed by atoms with Crippen LogP contribution >= 0.6 is 0 Å². The Kier molecular flexibility index (Phi) is 3.59. The van der Waals surface area contributed by atoms with E-state index < -0.39 is 11.2 Å². The van der Waals surface area contributed by atoms with Crippen LogP contribution in [0.2, 0.25) is 0 Å². The average Bonchev–Trinajstić information content (AvgIpc) is 2.38. The molecule has 1 rings (SSSR count). The minimum atomic E-state index is -0.875. The third kappa shape index (κ3) is 1.96. The van der Waals surface area contributed by atoms with Crippen molar-refractivity contribution >= 4 is 0 Å². The van der Waals surface area contributed by atoms with Crippen molar-refractivity contribution in [2.45, 2.75) is 70.5 Å². The second-order valence-electron chi connectivity index (χ2n) is 5.09. The van der Waals surface area contributed by atoms with E-state index in [-0.39, 0.29) is 5.92 Å². The lowest BCUT2D eigenvalue weighted by atomic mass is 9.76. The Labute approximate surface area is 87.3 Å². The van der Waals surface area contributed by atoms with Crippen LogP contribution in [0, 0.1) is 5.92 Å². The van der Waals surface area contributed by atoms with Gasteiger partial charge in [-0.3, -0.25) is 0 Å². The van der Waals surface area contributed by atoms with Crippen LogP contribution in [0.25, 0.3) is 0 Å². The molecule has 0 aromatic rings. The van der Waals surface area contributed by atoms with E-state index in [2.05, 4.69) is 13.8 Å². The Bertz CT molecular complexity index is 189. The normalized spacial score (nSPS) is 40.1. The van der Waals surface area contributed by atoms with Crippen molar-refractivity contribution in [3.63, 3.8) is 0 Å². The number of aliphatic hydroxyl groups is 2. The molecule has 0 aliphatic heterocycles. The number of rotatable bonds is 4. The highest BCUT2D eigenvalue weighted by molar-refractivity contribution is 5.04. The zero-order valence-electron chi connectivity index (χ0n) is 9.71. The average molecular weight is 200 g/mol. The van der Waals surface area contributed by atoms with Gasteiger partial charge in [-0.2, -0.15) is 0 Å². The third-order valence-electron chi connectivity index (χ3n) is 3.96. The molecule has 2 N–H and O–H groups in total. The summed E-state index contributed by atoms with van der Waals surface area (Å²) in [6.45, 7) is 6.00. The molecule has 2 heteroatoms. The van der Waals surface area contributed by atoms with Crippen LogP contribution in [0.4, 0.5) is 0 Å². The summed E-state index contributed by atoms with van der Waals surface area (Å²) in [6.07, 6.45) is 5.75. The lowest BCUT2D eigenvalue weighted by Gasteiger charge is -2.40. The standard InChI is InChI=1S/C12H24O2/c1-4-5-7-10(2)12(14)9-6-8-11(12,3)13/h10,13-14H,4-9H2,1-3H3. The van der Waals surface area contributed by atoms with Crippen molar-refractivity contribution in [1.29, 1.82) is 0 Å². The molecule has 0 bridgehead atoms. The van der Waals surface area contributed by atoms with E-state index in [0.29, 0.717) is 0 Å². The third-order valence-corrected chi connectivity index (χ3v) is 3.96. The molecule has 0 aromatic carbocycles. The molecule has 0 spiro atoms. The summed E-state index contributed by atoms with van der Waals surface area (Å²) in [5, 5.41) is 20.6. The monoisotopic (exact) mass is 200 g/mol. The van der Waals surface area contributed by atoms with E-state index in [1.165, 1.54) is 0 Å². The highest BCUT2D eigenvalue weighted by Gasteiger charge is 2.52. The zero-order chi connectivity index (χ0) is 10.8. The minimum absolute atomic E-state index is 0.208. The van der Waals surface area contributed by atoms with Gasteiger partial charge in [-0.15, -0.1) is 0 Å². The predicted octanol–water partition coefficient (Wildman–Crippen LogP) is 2.48. The maximum absolute atomic E-state index is 10.5. The van der Waals surface area contributed by atoms with Gasteiger partial charge in [0.15, 0.2) is 0 Å². The molecule has 3 unspecified atom stereocenters. The molecule has 3 atom stereocenters. The van der Waals surface area contributed by atoms with E-state index in [0.717, 1.165) is 38.5 Å². The van der Waals surface area contributed by atoms with E-state index >= 15 is 0 Å². The molecule has 2 nitrogen and oxygen atoms in total. The first-order valence-corrected chi connectivity index (χ1v) is 5.89. The number of hydrogen-bond donors (Lipinski definition) is 2. The predicted molar refractivity (Wildman–Crippen MR) is 58.1 cm³/mol. The Morgan fingerprint density at radius 2 is 1.93 bits per heavy atom. The van der Waals surface area contributed by atoms with Gasteiger partial charge < -0.3 is 10.2 Å². The summed E-state index contributed by atoms with van der Waals surface area (Å²) in [4.78, 5) is 0. The molecule has 0 aromatic heterocycles. The van der Waals surface area contributed by atoms with Gasteiger partial charge in [0.2, 0.25) is 0 Å². The van der Waals surface area contributed by atoms with Crippen molar-refractivity contribution in [1.82, 2.24) is 0 Å². The molecular weight excluding hydrogens is 176 g/mol. The molecule has 0 heterocycles. The number of hydrogen-bond acceptors (Lipinski definition) is 2. The largest absolute Gasteiger partial charge is 0.387 e. The maximum Gasteiger partial charge on any atom is 0.0955 e. The van der Waals surface area contributed by atoms with Crippen LogP contribution in [-0.2, 0) is 0 Å². The lowest BCUT2D eigenvalue weighted by Crippen LogP contribution is -2.52. The van der Waals surface area contributed by atoms with Gasteiger partial charge in [0, 0.05) is 0 Å². The van der Waals surface area contributed by atoms with E-state index in [4.69, 9.17) is 0 Å². The Morgan fingerprint density at radius 1 is 1.29 bits per heavy atom. The molecule has 1 aliphatic carbocycles. The van der Waals surface area contributed by atoms with Crippen molar-refractivity contribution in [2.75, 3.05) is 0 Å². The molecule has 1 aliphatic rings. The van der Waals surface area contributed by atoms with Crippen LogP contribution in [0.5, 0.6) is 0 Å². The van der Waals surface area contributed by atoms with Gasteiger partial charge >= 0.3 is 0 Å². The van der Waals surface area contributed by atoms with Crippen LogP contribution in [-0.4, -0.2) is 21.4 Å². The van der Waals surface area contributed by atoms with Crippen LogP contribution in [0.1, 0.15) is 59.3 Å². The summed E-state index contributed by atoms with van der Waals surface area (Å²) in [6, 6.07) is 0. The van der Waals surface area contributed by atoms with Crippen molar-refractivity contribution in [3.05, 3.63) is 0 Å². The fourth-order valence-corrected chi connectivity index (χ4v) is 2.71. The summed E-state index contributed by atoms with van der Waals surface area (Å²) in [7, 11) is 0. The molecule has 14 heavy (non-hydrogen) atoms. The first-order valence-electron chi connectivity index (χ1n) is 5.89. The summed E-state index contributed by atoms with van der Waals surface area (Å²) in [5.74, 6) is 0.208. The van der Waals surface area contributed by atoms with Crippen molar-refractivity contribution in [3.8, 4) is 0 Å². The maximum atomic E-state index is 10.5. The fraction of sp³-hybridized carbons (Fsp3) is 1.00. The SMILES string of the molecule is CCCCC(C)C1(O)CCCC1(C)O. The molecule has 84 valence electrons. The quantitative estimate of drug-likeness (QED) is 0.732. The molecular formula is C12H24O2. The van der Waals surface area contributed by atoms with E-state index in [1.807, 2.05) is 0 Å². The molecule has 1 fully saturated rings. The molecule has 0 radical (unpaired) electrons. The minimum Gasteiger partial charge on any atom is -0.387 e. The van der Waals surface area contributed by atoms with Crippen molar-refractivity contribution in [2.24, 2.45) is 5.92 Å². The van der Waals surface area contributed by atoms with E-state index in [9.17, 15) is 10.2 Å². The topological polar surface area (TPSA) is 40.5 Å². The first-order chi connectivity index (χ1) is 6.44. The van der Waals surface area contributed by atoms with Crippen LogP contribution < -0.4 is 0 Å². The van der Waals surface area contributed by atoms with Gasteiger partial charge in [-0.05, 0) is 38.5 Å². The Morgan fingerprint density at radius 3 is 2.36 bits per heavy atom. The van der Waals surface area contributed by atoms with Gasteiger partial charge in [-0.1, -0.05) is 26.7 Å². The second-order valence-corrected chi connectivity index (χ2v) is 5.09. The van der Waals surface area contributed by atoms with Gasteiger partial charge in [0.25, 0.3) is 0 Å². The Hall–Kier alpha value is -0.0800. The summed E-state index contributed by atoms with van der Waals surface area (Å²) in [5.41, 5.74) is -1.72.